The molecule has 9 nitrogen and oxygen atoms in total. The van der Waals surface area contributed by atoms with Gasteiger partial charge in [0.2, 0.25) is 11.8 Å². The van der Waals surface area contributed by atoms with Gasteiger partial charge in [-0.05, 0) is 25.1 Å². The number of phenols is 1. The number of rotatable bonds is 7. The van der Waals surface area contributed by atoms with E-state index in [4.69, 9.17) is 0 Å². The van der Waals surface area contributed by atoms with Gasteiger partial charge in [-0.25, -0.2) is 5.43 Å². The van der Waals surface area contributed by atoms with Gasteiger partial charge in [-0.2, -0.15) is 5.10 Å². The molecule has 0 saturated carbocycles. The van der Waals surface area contributed by atoms with E-state index in [-0.39, 0.29) is 35.7 Å². The largest absolute Gasteiger partial charge is 0.507 e. The Bertz CT molecular complexity index is 878. The number of aryl methyl sites for hydroxylation is 1. The molecule has 0 heterocycles. The van der Waals surface area contributed by atoms with Crippen LogP contribution in [0.1, 0.15) is 24.0 Å². The third-order valence-electron chi connectivity index (χ3n) is 3.53. The first kappa shape index (κ1) is 19.6. The summed E-state index contributed by atoms with van der Waals surface area (Å²) in [5, 5.41) is 26.7. The molecule has 0 aliphatic heterocycles. The van der Waals surface area contributed by atoms with E-state index in [9.17, 15) is 24.8 Å². The first-order valence-corrected chi connectivity index (χ1v) is 8.01. The monoisotopic (exact) mass is 370 g/mol. The summed E-state index contributed by atoms with van der Waals surface area (Å²) in [6.45, 7) is 1.93. The zero-order valence-electron chi connectivity index (χ0n) is 14.5. The zero-order chi connectivity index (χ0) is 19.8. The van der Waals surface area contributed by atoms with Crippen LogP contribution in [-0.4, -0.2) is 28.1 Å². The second-order valence-electron chi connectivity index (χ2n) is 5.71. The SMILES string of the molecule is Cc1ccc(NC(=O)CCC(=O)N/N=C\c2cc([N+](=O)[O-])ccc2O)cc1. The van der Waals surface area contributed by atoms with E-state index < -0.39 is 10.8 Å². The van der Waals surface area contributed by atoms with Crippen LogP contribution in [0.3, 0.4) is 0 Å². The Balaban J connectivity index is 1.81. The molecule has 0 fully saturated rings. The maximum atomic E-state index is 11.8. The molecule has 0 radical (unpaired) electrons. The number of hydrogen-bond donors (Lipinski definition) is 3. The molecular weight excluding hydrogens is 352 g/mol. The van der Waals surface area contributed by atoms with E-state index in [1.165, 1.54) is 0 Å². The van der Waals surface area contributed by atoms with Crippen molar-refractivity contribution in [3.05, 3.63) is 63.7 Å². The topological polar surface area (TPSA) is 134 Å². The number of amides is 2. The fraction of sp³-hybridized carbons (Fsp3) is 0.167. The third-order valence-corrected chi connectivity index (χ3v) is 3.53. The summed E-state index contributed by atoms with van der Waals surface area (Å²) in [6.07, 6.45) is 0.972. The van der Waals surface area contributed by atoms with Gasteiger partial charge in [-0.15, -0.1) is 0 Å². The van der Waals surface area contributed by atoms with E-state index in [0.29, 0.717) is 5.69 Å². The number of nitrogens with one attached hydrogen (secondary N) is 2. The molecular formula is C18H18N4O5. The fourth-order valence-electron chi connectivity index (χ4n) is 2.08. The van der Waals surface area contributed by atoms with E-state index in [2.05, 4.69) is 15.8 Å². The molecule has 2 aromatic carbocycles. The highest BCUT2D eigenvalue weighted by Crippen LogP contribution is 2.21. The molecule has 140 valence electrons. The molecule has 3 N–H and O–H groups in total. The first-order chi connectivity index (χ1) is 12.8. The van der Waals surface area contributed by atoms with Gasteiger partial charge in [0.05, 0.1) is 11.1 Å². The second-order valence-corrected chi connectivity index (χ2v) is 5.71. The predicted molar refractivity (Wildman–Crippen MR) is 99.5 cm³/mol. The van der Waals surface area contributed by atoms with Crippen LogP contribution in [0.15, 0.2) is 47.6 Å². The molecule has 2 rings (SSSR count). The van der Waals surface area contributed by atoms with E-state index >= 15 is 0 Å². The van der Waals surface area contributed by atoms with Gasteiger partial charge < -0.3 is 10.4 Å². The minimum Gasteiger partial charge on any atom is -0.507 e. The van der Waals surface area contributed by atoms with Gasteiger partial charge in [-0.3, -0.25) is 19.7 Å². The average molecular weight is 370 g/mol. The molecule has 2 aromatic rings. The summed E-state index contributed by atoms with van der Waals surface area (Å²) in [7, 11) is 0. The molecule has 0 aliphatic rings. The quantitative estimate of drug-likeness (QED) is 0.391. The second kappa shape index (κ2) is 9.09. The summed E-state index contributed by atoms with van der Waals surface area (Å²) in [4.78, 5) is 33.6. The van der Waals surface area contributed by atoms with Crippen LogP contribution < -0.4 is 10.7 Å². The lowest BCUT2D eigenvalue weighted by atomic mass is 10.2. The smallest absolute Gasteiger partial charge is 0.270 e. The number of carbonyl (C=O) groups is 2. The summed E-state index contributed by atoms with van der Waals surface area (Å²) in [5.74, 6) is -1.03. The van der Waals surface area contributed by atoms with Crippen molar-refractivity contribution in [3.8, 4) is 5.75 Å². The van der Waals surface area contributed by atoms with E-state index in [0.717, 1.165) is 30.0 Å². The predicted octanol–water partition coefficient (Wildman–Crippen LogP) is 2.48. The Kier molecular flexibility index (Phi) is 6.59. The first-order valence-electron chi connectivity index (χ1n) is 8.01. The molecule has 0 aromatic heterocycles. The molecule has 9 heteroatoms. The van der Waals surface area contributed by atoms with Crippen LogP contribution in [0, 0.1) is 17.0 Å². The summed E-state index contributed by atoms with van der Waals surface area (Å²) in [5.41, 5.74) is 3.79. The minimum atomic E-state index is -0.609. The summed E-state index contributed by atoms with van der Waals surface area (Å²) >= 11 is 0. The van der Waals surface area contributed by atoms with Crippen molar-refractivity contribution >= 4 is 29.4 Å². The number of phenolic OH excluding ortho intramolecular Hbond substituents is 1. The van der Waals surface area contributed by atoms with Gasteiger partial charge >= 0.3 is 0 Å². The highest BCUT2D eigenvalue weighted by molar-refractivity contribution is 5.93. The molecule has 2 amide bonds. The number of carbonyl (C=O) groups excluding carboxylic acids is 2. The Labute approximate surface area is 154 Å². The van der Waals surface area contributed by atoms with Gasteiger partial charge in [0.25, 0.3) is 5.69 Å². The number of aromatic hydroxyl groups is 1. The van der Waals surface area contributed by atoms with Crippen LogP contribution in [0.2, 0.25) is 0 Å². The number of nitrogens with zero attached hydrogens (tertiary/aromatic N) is 2. The minimum absolute atomic E-state index is 0.0305. The lowest BCUT2D eigenvalue weighted by Crippen LogP contribution is -2.20. The van der Waals surface area contributed by atoms with Gasteiger partial charge in [0.15, 0.2) is 0 Å². The zero-order valence-corrected chi connectivity index (χ0v) is 14.5. The number of anilines is 1. The Hall–Kier alpha value is -3.75. The number of nitro groups is 1. The number of nitro benzene ring substituents is 1. The van der Waals surface area contributed by atoms with Crippen molar-refractivity contribution in [1.29, 1.82) is 0 Å². The lowest BCUT2D eigenvalue weighted by molar-refractivity contribution is -0.384. The van der Waals surface area contributed by atoms with Crippen LogP contribution >= 0.6 is 0 Å². The van der Waals surface area contributed by atoms with Gasteiger partial charge in [0, 0.05) is 36.2 Å². The van der Waals surface area contributed by atoms with Crippen LogP contribution in [-0.2, 0) is 9.59 Å². The van der Waals surface area contributed by atoms with Crippen molar-refractivity contribution in [2.75, 3.05) is 5.32 Å². The Morgan fingerprint density at radius 3 is 2.48 bits per heavy atom. The highest BCUT2D eigenvalue weighted by atomic mass is 16.6. The molecule has 0 bridgehead atoms. The standard InChI is InChI=1S/C18H18N4O5/c1-12-2-4-14(5-3-12)20-17(24)8-9-18(25)21-19-11-13-10-15(22(26)27)6-7-16(13)23/h2-7,10-11,23H,8-9H2,1H3,(H,20,24)(H,21,25)/b19-11-. The molecule has 0 aliphatic carbocycles. The maximum absolute atomic E-state index is 11.8. The van der Waals surface area contributed by atoms with Gasteiger partial charge in [-0.1, -0.05) is 17.7 Å². The lowest BCUT2D eigenvalue weighted by Gasteiger charge is -2.05. The molecule has 0 saturated heterocycles. The molecule has 0 unspecified atom stereocenters. The summed E-state index contributed by atoms with van der Waals surface area (Å²) in [6, 6.07) is 10.7. The van der Waals surface area contributed by atoms with Crippen molar-refractivity contribution in [2.24, 2.45) is 5.10 Å². The number of hydrogen-bond acceptors (Lipinski definition) is 6. The normalized spacial score (nSPS) is 10.6. The highest BCUT2D eigenvalue weighted by Gasteiger charge is 2.09. The van der Waals surface area contributed by atoms with Crippen molar-refractivity contribution in [2.45, 2.75) is 19.8 Å². The van der Waals surface area contributed by atoms with Crippen molar-refractivity contribution in [1.82, 2.24) is 5.43 Å². The molecule has 0 atom stereocenters. The van der Waals surface area contributed by atoms with Crippen LogP contribution in [0.4, 0.5) is 11.4 Å². The van der Waals surface area contributed by atoms with Crippen LogP contribution in [0.25, 0.3) is 0 Å². The Morgan fingerprint density at radius 2 is 1.81 bits per heavy atom. The van der Waals surface area contributed by atoms with Gasteiger partial charge in [0.1, 0.15) is 5.75 Å². The van der Waals surface area contributed by atoms with Crippen molar-refractivity contribution < 1.29 is 19.6 Å². The van der Waals surface area contributed by atoms with E-state index in [1.807, 2.05) is 19.1 Å². The number of hydrazone groups is 1. The van der Waals surface area contributed by atoms with Crippen LogP contribution in [0.5, 0.6) is 5.75 Å². The van der Waals surface area contributed by atoms with E-state index in [1.54, 1.807) is 12.1 Å². The molecule has 27 heavy (non-hydrogen) atoms. The summed E-state index contributed by atoms with van der Waals surface area (Å²) < 4.78 is 0. The number of non-ortho nitro benzene ring substituents is 1. The Morgan fingerprint density at radius 1 is 1.15 bits per heavy atom. The number of benzene rings is 2. The maximum Gasteiger partial charge on any atom is 0.270 e. The fourth-order valence-corrected chi connectivity index (χ4v) is 2.08. The third kappa shape index (κ3) is 6.24. The average Bonchev–Trinajstić information content (AvgIpc) is 2.63. The molecule has 0 spiro atoms. The van der Waals surface area contributed by atoms with Crippen molar-refractivity contribution in [3.63, 3.8) is 0 Å².